The van der Waals surface area contributed by atoms with E-state index in [4.69, 9.17) is 14.5 Å². The maximum absolute atomic E-state index is 12.1. The van der Waals surface area contributed by atoms with Crippen molar-refractivity contribution in [3.63, 3.8) is 0 Å². The highest BCUT2D eigenvalue weighted by molar-refractivity contribution is 5.94. The van der Waals surface area contributed by atoms with Crippen molar-refractivity contribution in [3.05, 3.63) is 48.0 Å². The quantitative estimate of drug-likeness (QED) is 0.422. The number of benzene rings is 2. The fourth-order valence-electron chi connectivity index (χ4n) is 5.31. The summed E-state index contributed by atoms with van der Waals surface area (Å²) in [5, 5.41) is 3.52. The third-order valence-corrected chi connectivity index (χ3v) is 6.32. The van der Waals surface area contributed by atoms with Gasteiger partial charge in [-0.25, -0.2) is 9.78 Å². The summed E-state index contributed by atoms with van der Waals surface area (Å²) in [7, 11) is 1.40. The van der Waals surface area contributed by atoms with E-state index in [1.165, 1.54) is 13.5 Å². The van der Waals surface area contributed by atoms with Crippen molar-refractivity contribution in [1.82, 2.24) is 9.55 Å². The molecule has 2 unspecified atom stereocenters. The first kappa shape index (κ1) is 23.1. The lowest BCUT2D eigenvalue weighted by Gasteiger charge is -2.40. The summed E-state index contributed by atoms with van der Waals surface area (Å²) in [5.74, 6) is 1.91. The van der Waals surface area contributed by atoms with Gasteiger partial charge in [0.05, 0.1) is 29.8 Å². The van der Waals surface area contributed by atoms with Gasteiger partial charge in [0.25, 0.3) is 0 Å². The van der Waals surface area contributed by atoms with Gasteiger partial charge in [-0.2, -0.15) is 0 Å². The van der Waals surface area contributed by atoms with E-state index in [0.717, 1.165) is 41.3 Å². The molecule has 0 spiro atoms. The molecule has 0 radical (unpaired) electrons. The zero-order valence-electron chi connectivity index (χ0n) is 20.5. The van der Waals surface area contributed by atoms with E-state index in [1.54, 1.807) is 0 Å². The molecule has 2 atom stereocenters. The second kappa shape index (κ2) is 9.08. The molecule has 0 aliphatic heterocycles. The maximum atomic E-state index is 12.1. The van der Waals surface area contributed by atoms with Crippen LogP contribution in [0.5, 0.6) is 5.75 Å². The summed E-state index contributed by atoms with van der Waals surface area (Å²) in [6.07, 6.45) is 3.54. The van der Waals surface area contributed by atoms with Crippen LogP contribution in [0.4, 0.5) is 11.6 Å². The van der Waals surface area contributed by atoms with Gasteiger partial charge in [-0.05, 0) is 86.9 Å². The van der Waals surface area contributed by atoms with Crippen LogP contribution >= 0.6 is 0 Å². The fraction of sp³-hybridized carbons (Fsp3) is 0.481. The lowest BCUT2D eigenvalue weighted by atomic mass is 9.70. The van der Waals surface area contributed by atoms with Crippen LogP contribution in [0.15, 0.2) is 42.5 Å². The zero-order chi connectivity index (χ0) is 23.8. The van der Waals surface area contributed by atoms with E-state index in [2.05, 4.69) is 30.7 Å². The van der Waals surface area contributed by atoms with Gasteiger partial charge in [-0.1, -0.05) is 20.8 Å². The first-order valence-corrected chi connectivity index (χ1v) is 11.8. The molecule has 1 aliphatic rings. The van der Waals surface area contributed by atoms with Crippen molar-refractivity contribution >= 4 is 28.6 Å². The average molecular weight is 450 g/mol. The fourth-order valence-corrected chi connectivity index (χ4v) is 5.31. The third-order valence-electron chi connectivity index (χ3n) is 6.32. The van der Waals surface area contributed by atoms with E-state index in [-0.39, 0.29) is 17.5 Å². The minimum atomic E-state index is -0.353. The highest BCUT2D eigenvalue weighted by Gasteiger charge is 2.34. The Balaban J connectivity index is 1.75. The van der Waals surface area contributed by atoms with Crippen LogP contribution < -0.4 is 10.1 Å². The van der Waals surface area contributed by atoms with Gasteiger partial charge in [0.2, 0.25) is 5.95 Å². The maximum Gasteiger partial charge on any atom is 0.337 e. The van der Waals surface area contributed by atoms with Crippen LogP contribution in [0.25, 0.3) is 11.0 Å². The number of esters is 1. The molecule has 1 aromatic heterocycles. The minimum Gasteiger partial charge on any atom is -0.491 e. The molecule has 0 bridgehead atoms. The number of carbonyl (C=O) groups is 1. The lowest BCUT2D eigenvalue weighted by Crippen LogP contribution is -2.29. The van der Waals surface area contributed by atoms with E-state index < -0.39 is 0 Å². The summed E-state index contributed by atoms with van der Waals surface area (Å²) in [6.45, 7) is 11.1. The number of hydrogen-bond donors (Lipinski definition) is 1. The summed E-state index contributed by atoms with van der Waals surface area (Å²) in [6, 6.07) is 13.9. The van der Waals surface area contributed by atoms with Crippen molar-refractivity contribution in [2.45, 2.75) is 66.0 Å². The molecule has 4 rings (SSSR count). The summed E-state index contributed by atoms with van der Waals surface area (Å²) < 4.78 is 13.0. The van der Waals surface area contributed by atoms with E-state index in [1.807, 2.05) is 56.3 Å². The Morgan fingerprint density at radius 1 is 1.15 bits per heavy atom. The van der Waals surface area contributed by atoms with Gasteiger partial charge in [-0.15, -0.1) is 0 Å². The van der Waals surface area contributed by atoms with E-state index in [9.17, 15) is 4.79 Å². The number of nitrogens with one attached hydrogen (secondary N) is 1. The number of methoxy groups -OCH3 is 1. The monoisotopic (exact) mass is 449 g/mol. The SMILES string of the molecule is COC(=O)c1ccc2c(c1)nc(Nc1ccc(OC(C)C)cc1)n2C1CC(C)CC(C)(C)C1. The average Bonchev–Trinajstić information content (AvgIpc) is 3.09. The van der Waals surface area contributed by atoms with Crippen LogP contribution in [-0.4, -0.2) is 28.7 Å². The van der Waals surface area contributed by atoms with E-state index >= 15 is 0 Å². The molecule has 2 aromatic carbocycles. The second-order valence-electron chi connectivity index (χ2n) is 10.4. The molecular formula is C27H35N3O3. The van der Waals surface area contributed by atoms with Crippen molar-refractivity contribution in [1.29, 1.82) is 0 Å². The zero-order valence-corrected chi connectivity index (χ0v) is 20.5. The Morgan fingerprint density at radius 3 is 2.52 bits per heavy atom. The molecule has 3 aromatic rings. The van der Waals surface area contributed by atoms with Gasteiger partial charge < -0.3 is 19.4 Å². The van der Waals surface area contributed by atoms with Crippen molar-refractivity contribution in [2.24, 2.45) is 11.3 Å². The predicted octanol–water partition coefficient (Wildman–Crippen LogP) is 6.74. The van der Waals surface area contributed by atoms with Crippen LogP contribution in [0.3, 0.4) is 0 Å². The number of hydrogen-bond acceptors (Lipinski definition) is 5. The molecule has 0 amide bonds. The molecule has 1 fully saturated rings. The predicted molar refractivity (Wildman–Crippen MR) is 132 cm³/mol. The Bertz CT molecular complexity index is 1130. The number of carbonyl (C=O) groups excluding carboxylic acids is 1. The number of fused-ring (bicyclic) bond motifs is 1. The topological polar surface area (TPSA) is 65.4 Å². The molecule has 1 aliphatic carbocycles. The first-order valence-electron chi connectivity index (χ1n) is 11.8. The first-order chi connectivity index (χ1) is 15.6. The largest absolute Gasteiger partial charge is 0.491 e. The Hall–Kier alpha value is -3.02. The highest BCUT2D eigenvalue weighted by Crippen LogP contribution is 2.46. The van der Waals surface area contributed by atoms with Gasteiger partial charge in [0.15, 0.2) is 0 Å². The van der Waals surface area contributed by atoms with Gasteiger partial charge in [0.1, 0.15) is 5.75 Å². The van der Waals surface area contributed by atoms with Crippen LogP contribution in [-0.2, 0) is 4.74 Å². The molecule has 1 N–H and O–H groups in total. The Morgan fingerprint density at radius 2 is 1.88 bits per heavy atom. The Labute approximate surface area is 196 Å². The molecular weight excluding hydrogens is 414 g/mol. The lowest BCUT2D eigenvalue weighted by molar-refractivity contribution is 0.0601. The summed E-state index contributed by atoms with van der Waals surface area (Å²) >= 11 is 0. The number of ether oxygens (including phenoxy) is 2. The highest BCUT2D eigenvalue weighted by atomic mass is 16.5. The van der Waals surface area contributed by atoms with Gasteiger partial charge in [-0.3, -0.25) is 0 Å². The molecule has 6 nitrogen and oxygen atoms in total. The number of aromatic nitrogens is 2. The summed E-state index contributed by atoms with van der Waals surface area (Å²) in [5.41, 5.74) is 3.53. The van der Waals surface area contributed by atoms with Crippen molar-refractivity contribution < 1.29 is 14.3 Å². The number of nitrogens with zero attached hydrogens (tertiary/aromatic N) is 2. The normalized spacial score (nSPS) is 20.1. The van der Waals surface area contributed by atoms with Crippen molar-refractivity contribution in [3.8, 4) is 5.75 Å². The van der Waals surface area contributed by atoms with Crippen LogP contribution in [0.1, 0.15) is 70.3 Å². The molecule has 6 heteroatoms. The number of rotatable bonds is 6. The van der Waals surface area contributed by atoms with Crippen LogP contribution in [0, 0.1) is 11.3 Å². The standard InChI is InChI=1S/C27H35N3O3/c1-17(2)33-22-10-8-20(9-11-22)28-26-29-23-14-19(25(31)32-6)7-12-24(23)30(26)21-13-18(3)15-27(4,5)16-21/h7-12,14,17-18,21H,13,15-16H2,1-6H3,(H,28,29). The molecule has 176 valence electrons. The van der Waals surface area contributed by atoms with Gasteiger partial charge >= 0.3 is 5.97 Å². The smallest absolute Gasteiger partial charge is 0.337 e. The molecule has 33 heavy (non-hydrogen) atoms. The van der Waals surface area contributed by atoms with E-state index in [0.29, 0.717) is 17.5 Å². The summed E-state index contributed by atoms with van der Waals surface area (Å²) in [4.78, 5) is 17.0. The van der Waals surface area contributed by atoms with Gasteiger partial charge in [0, 0.05) is 11.7 Å². The van der Waals surface area contributed by atoms with Crippen LogP contribution in [0.2, 0.25) is 0 Å². The third kappa shape index (κ3) is 5.15. The second-order valence-corrected chi connectivity index (χ2v) is 10.4. The minimum absolute atomic E-state index is 0.133. The molecule has 0 saturated heterocycles. The molecule has 1 saturated carbocycles. The number of anilines is 2. The Kier molecular flexibility index (Phi) is 6.37. The van der Waals surface area contributed by atoms with Crippen molar-refractivity contribution in [2.75, 3.05) is 12.4 Å². The number of imidazole rings is 1. The molecule has 1 heterocycles.